The molecule has 0 radical (unpaired) electrons. The molecule has 1 heterocycles. The normalized spacial score (nSPS) is 10.5. The van der Waals surface area contributed by atoms with Gasteiger partial charge in [-0.3, -0.25) is 4.79 Å². The Balaban J connectivity index is 0.00000154. The van der Waals surface area contributed by atoms with Crippen molar-refractivity contribution in [1.29, 1.82) is 0 Å². The second-order valence-electron chi connectivity index (χ2n) is 3.65. The number of nitrogens with one attached hydrogen (secondary N) is 2. The molecule has 5 nitrogen and oxygen atoms in total. The van der Waals surface area contributed by atoms with Crippen LogP contribution in [0.5, 0.6) is 0 Å². The number of aromatic amines is 1. The molecule has 0 saturated heterocycles. The lowest BCUT2D eigenvalue weighted by Gasteiger charge is -2.02. The van der Waals surface area contributed by atoms with Crippen LogP contribution < -0.4 is 5.32 Å². The molecular weight excluding hydrogens is 271 g/mol. The molecule has 0 unspecified atom stereocenters. The molecule has 2 N–H and O–H groups in total. The Morgan fingerprint density at radius 1 is 1.37 bits per heavy atom. The number of H-pyrrole nitrogens is 1. The molecule has 0 spiro atoms. The van der Waals surface area contributed by atoms with Crippen LogP contribution in [0.2, 0.25) is 0 Å². The Bertz CT molecular complexity index is 483. The summed E-state index contributed by atoms with van der Waals surface area (Å²) in [6.07, 6.45) is 3.87. The Morgan fingerprint density at radius 3 is 2.47 bits per heavy atom. The Hall–Kier alpha value is -1.37. The summed E-state index contributed by atoms with van der Waals surface area (Å²) in [6, 6.07) is 0.977. The van der Waals surface area contributed by atoms with Crippen LogP contribution in [0.1, 0.15) is 50.5 Å². The maximum Gasteiger partial charge on any atom is 0.333 e. The van der Waals surface area contributed by atoms with Crippen molar-refractivity contribution < 1.29 is 17.1 Å². The van der Waals surface area contributed by atoms with Gasteiger partial charge in [0.15, 0.2) is 0 Å². The number of hydrogen-bond donors (Lipinski definition) is 2. The van der Waals surface area contributed by atoms with E-state index in [2.05, 4.69) is 10.3 Å². The van der Waals surface area contributed by atoms with Gasteiger partial charge in [0.05, 0.1) is 0 Å². The van der Waals surface area contributed by atoms with Crippen LogP contribution in [-0.2, 0) is 10.2 Å². The lowest BCUT2D eigenvalue weighted by molar-refractivity contribution is 0.0948. The Labute approximate surface area is 113 Å². The summed E-state index contributed by atoms with van der Waals surface area (Å²) in [5.74, 6) is -0.434. The van der Waals surface area contributed by atoms with E-state index in [0.29, 0.717) is 6.54 Å². The van der Waals surface area contributed by atoms with Crippen LogP contribution in [0.15, 0.2) is 17.2 Å². The van der Waals surface area contributed by atoms with Crippen LogP contribution >= 0.6 is 0 Å². The third-order valence-corrected chi connectivity index (χ3v) is 3.05. The van der Waals surface area contributed by atoms with Crippen molar-refractivity contribution in [3.63, 3.8) is 0 Å². The van der Waals surface area contributed by atoms with E-state index in [1.165, 1.54) is 0 Å². The van der Waals surface area contributed by atoms with Gasteiger partial charge in [-0.2, -0.15) is 8.42 Å². The molecule has 0 aromatic carbocycles. The summed E-state index contributed by atoms with van der Waals surface area (Å²) in [5.41, 5.74) is 0.0396. The van der Waals surface area contributed by atoms with Crippen LogP contribution in [0.25, 0.3) is 0 Å². The third-order valence-electron chi connectivity index (χ3n) is 2.25. The number of hydrogen-bond acceptors (Lipinski definition) is 3. The van der Waals surface area contributed by atoms with E-state index in [0.717, 1.165) is 31.5 Å². The number of carbonyl (C=O) groups is 1. The summed E-state index contributed by atoms with van der Waals surface area (Å²) in [6.45, 7) is 6.56. The number of aromatic nitrogens is 1. The highest BCUT2D eigenvalue weighted by Gasteiger charge is 2.16. The molecule has 0 aliphatic rings. The topological polar surface area (TPSA) is 79.0 Å². The van der Waals surface area contributed by atoms with Gasteiger partial charge in [-0.05, 0) is 12.5 Å². The highest BCUT2D eigenvalue weighted by molar-refractivity contribution is 7.86. The van der Waals surface area contributed by atoms with Crippen LogP contribution in [0.3, 0.4) is 0 Å². The number of rotatable bonds is 6. The van der Waals surface area contributed by atoms with E-state index in [-0.39, 0.29) is 5.69 Å². The molecule has 0 aliphatic carbocycles. The smallest absolute Gasteiger partial charge is 0.333 e. The zero-order valence-corrected chi connectivity index (χ0v) is 12.3. The molecule has 7 heteroatoms. The SMILES string of the molecule is CC.CCCCCNC(=O)c1cc(S(=O)(=O)F)c[nH]1. The minimum atomic E-state index is -4.76. The second kappa shape index (κ2) is 8.68. The predicted molar refractivity (Wildman–Crippen MR) is 72.3 cm³/mol. The van der Waals surface area contributed by atoms with E-state index in [1.54, 1.807) is 0 Å². The first-order valence-electron chi connectivity index (χ1n) is 6.36. The van der Waals surface area contributed by atoms with Crippen molar-refractivity contribution in [1.82, 2.24) is 10.3 Å². The fourth-order valence-electron chi connectivity index (χ4n) is 1.32. The van der Waals surface area contributed by atoms with Gasteiger partial charge in [-0.1, -0.05) is 33.6 Å². The monoisotopic (exact) mass is 292 g/mol. The van der Waals surface area contributed by atoms with Crippen molar-refractivity contribution in [2.45, 2.75) is 44.9 Å². The molecule has 19 heavy (non-hydrogen) atoms. The molecular formula is C12H21FN2O3S. The van der Waals surface area contributed by atoms with Crippen molar-refractivity contribution >= 4 is 16.1 Å². The molecule has 0 atom stereocenters. The number of amides is 1. The minimum absolute atomic E-state index is 0.0396. The highest BCUT2D eigenvalue weighted by atomic mass is 32.3. The first kappa shape index (κ1) is 17.6. The van der Waals surface area contributed by atoms with Gasteiger partial charge in [-0.15, -0.1) is 3.89 Å². The fourth-order valence-corrected chi connectivity index (χ4v) is 1.78. The maximum atomic E-state index is 12.6. The molecule has 110 valence electrons. The molecule has 0 fully saturated rings. The third kappa shape index (κ3) is 6.37. The van der Waals surface area contributed by atoms with Gasteiger partial charge in [0.1, 0.15) is 10.6 Å². The summed E-state index contributed by atoms with van der Waals surface area (Å²) < 4.78 is 33.7. The standard InChI is InChI=1S/C10H15FN2O3S.C2H6/c1-2-3-4-5-12-10(14)9-6-8(7-13-9)17(11,15)16;1-2/h6-7,13H,2-5H2,1H3,(H,12,14);1-2H3. The number of halogens is 1. The maximum absolute atomic E-state index is 12.6. The first-order chi connectivity index (χ1) is 8.95. The van der Waals surface area contributed by atoms with E-state index in [4.69, 9.17) is 0 Å². The Morgan fingerprint density at radius 2 is 2.00 bits per heavy atom. The van der Waals surface area contributed by atoms with Gasteiger partial charge < -0.3 is 10.3 Å². The van der Waals surface area contributed by atoms with Crippen molar-refractivity contribution in [3.8, 4) is 0 Å². The lowest BCUT2D eigenvalue weighted by Crippen LogP contribution is -2.24. The summed E-state index contributed by atoms with van der Waals surface area (Å²) in [7, 11) is -4.76. The highest BCUT2D eigenvalue weighted by Crippen LogP contribution is 2.13. The first-order valence-corrected chi connectivity index (χ1v) is 7.74. The summed E-state index contributed by atoms with van der Waals surface area (Å²) in [4.78, 5) is 13.4. The van der Waals surface area contributed by atoms with Gasteiger partial charge in [0.2, 0.25) is 0 Å². The molecule has 0 bridgehead atoms. The number of carbonyl (C=O) groups excluding carboxylic acids is 1. The molecule has 1 rings (SSSR count). The Kier molecular flexibility index (Phi) is 8.06. The molecule has 0 saturated carbocycles. The summed E-state index contributed by atoms with van der Waals surface area (Å²) >= 11 is 0. The van der Waals surface area contributed by atoms with E-state index < -0.39 is 21.0 Å². The number of unbranched alkanes of at least 4 members (excludes halogenated alkanes) is 2. The second-order valence-corrected chi connectivity index (χ2v) is 5.00. The van der Waals surface area contributed by atoms with Crippen molar-refractivity contribution in [2.24, 2.45) is 0 Å². The van der Waals surface area contributed by atoms with E-state index in [1.807, 2.05) is 20.8 Å². The predicted octanol–water partition coefficient (Wildman–Crippen LogP) is 2.62. The zero-order chi connectivity index (χ0) is 14.9. The van der Waals surface area contributed by atoms with Crippen molar-refractivity contribution in [3.05, 3.63) is 18.0 Å². The van der Waals surface area contributed by atoms with Crippen LogP contribution in [0.4, 0.5) is 3.89 Å². The largest absolute Gasteiger partial charge is 0.356 e. The van der Waals surface area contributed by atoms with Crippen LogP contribution in [0, 0.1) is 0 Å². The molecule has 1 aromatic heterocycles. The van der Waals surface area contributed by atoms with Gasteiger partial charge in [-0.25, -0.2) is 0 Å². The lowest BCUT2D eigenvalue weighted by atomic mass is 10.2. The fraction of sp³-hybridized carbons (Fsp3) is 0.583. The summed E-state index contributed by atoms with van der Waals surface area (Å²) in [5, 5.41) is 2.61. The van der Waals surface area contributed by atoms with E-state index >= 15 is 0 Å². The van der Waals surface area contributed by atoms with E-state index in [9.17, 15) is 17.1 Å². The van der Waals surface area contributed by atoms with Gasteiger partial charge >= 0.3 is 10.2 Å². The quantitative estimate of drug-likeness (QED) is 0.625. The zero-order valence-electron chi connectivity index (χ0n) is 11.5. The minimum Gasteiger partial charge on any atom is -0.356 e. The average molecular weight is 292 g/mol. The molecule has 1 aromatic rings. The van der Waals surface area contributed by atoms with Gasteiger partial charge in [0.25, 0.3) is 5.91 Å². The molecule has 1 amide bonds. The van der Waals surface area contributed by atoms with Gasteiger partial charge in [0, 0.05) is 12.7 Å². The average Bonchev–Trinajstić information content (AvgIpc) is 2.86. The van der Waals surface area contributed by atoms with Crippen LogP contribution in [-0.4, -0.2) is 25.9 Å². The molecule has 0 aliphatic heterocycles. The van der Waals surface area contributed by atoms with Crippen molar-refractivity contribution in [2.75, 3.05) is 6.54 Å².